The highest BCUT2D eigenvalue weighted by Crippen LogP contribution is 2.33. The fourth-order valence-electron chi connectivity index (χ4n) is 3.92. The number of amides is 4. The first kappa shape index (κ1) is 18.7. The van der Waals surface area contributed by atoms with Crippen LogP contribution in [0.25, 0.3) is 0 Å². The predicted molar refractivity (Wildman–Crippen MR) is 91.1 cm³/mol. The number of nitrogens with two attached hydrogens (primary N) is 1. The second kappa shape index (κ2) is 7.09. The molecule has 0 aromatic rings. The van der Waals surface area contributed by atoms with Gasteiger partial charge in [0.25, 0.3) is 5.91 Å². The van der Waals surface area contributed by atoms with Gasteiger partial charge in [-0.1, -0.05) is 33.1 Å². The molecule has 1 aliphatic heterocycles. The minimum atomic E-state index is -0.787. The van der Waals surface area contributed by atoms with Gasteiger partial charge < -0.3 is 16.4 Å². The second-order valence-corrected chi connectivity index (χ2v) is 7.88. The Balaban J connectivity index is 2.01. The molecule has 1 aliphatic carbocycles. The molecular weight excluding hydrogens is 308 g/mol. The lowest BCUT2D eigenvalue weighted by molar-refractivity contribution is -0.136. The van der Waals surface area contributed by atoms with Crippen molar-refractivity contribution in [1.29, 1.82) is 0 Å². The van der Waals surface area contributed by atoms with Gasteiger partial charge in [-0.2, -0.15) is 0 Å². The standard InChI is InChI=1S/C17H30N4O3/c1-12(2)9-16(3,11-18)19-13(22)10-21-14(23)17(20-15(21)24)7-5-4-6-8-17/h12H,4-11,18H2,1-3H3,(H,19,22)(H,20,24). The van der Waals surface area contributed by atoms with Crippen molar-refractivity contribution >= 4 is 17.8 Å². The minimum absolute atomic E-state index is 0.250. The molecule has 1 saturated heterocycles. The molecule has 4 amide bonds. The number of carbonyl (C=O) groups is 3. The molecule has 0 aromatic heterocycles. The number of nitrogens with one attached hydrogen (secondary N) is 2. The summed E-state index contributed by atoms with van der Waals surface area (Å²) in [6.45, 7) is 6.06. The van der Waals surface area contributed by atoms with Crippen LogP contribution in [0.1, 0.15) is 59.3 Å². The first-order chi connectivity index (χ1) is 11.2. The van der Waals surface area contributed by atoms with Gasteiger partial charge in [0.1, 0.15) is 12.1 Å². The number of carbonyl (C=O) groups excluding carboxylic acids is 3. The van der Waals surface area contributed by atoms with E-state index in [0.29, 0.717) is 25.3 Å². The topological polar surface area (TPSA) is 105 Å². The molecule has 4 N–H and O–H groups in total. The maximum absolute atomic E-state index is 12.7. The average molecular weight is 338 g/mol. The Hall–Kier alpha value is -1.63. The van der Waals surface area contributed by atoms with Gasteiger partial charge in [-0.25, -0.2) is 4.79 Å². The highest BCUT2D eigenvalue weighted by molar-refractivity contribution is 6.09. The Morgan fingerprint density at radius 1 is 1.33 bits per heavy atom. The lowest BCUT2D eigenvalue weighted by atomic mass is 9.82. The Labute approximate surface area is 143 Å². The van der Waals surface area contributed by atoms with Crippen molar-refractivity contribution in [2.75, 3.05) is 13.1 Å². The molecule has 0 bridgehead atoms. The zero-order chi connectivity index (χ0) is 18.0. The van der Waals surface area contributed by atoms with Gasteiger partial charge in [0.2, 0.25) is 5.91 Å². The van der Waals surface area contributed by atoms with Crippen molar-refractivity contribution in [3.63, 3.8) is 0 Å². The molecule has 1 unspecified atom stereocenters. The highest BCUT2D eigenvalue weighted by Gasteiger charge is 2.51. The number of rotatable bonds is 6. The van der Waals surface area contributed by atoms with Gasteiger partial charge in [-0.15, -0.1) is 0 Å². The number of urea groups is 1. The first-order valence-electron chi connectivity index (χ1n) is 8.86. The molecule has 2 rings (SSSR count). The van der Waals surface area contributed by atoms with Crippen molar-refractivity contribution in [2.24, 2.45) is 11.7 Å². The van der Waals surface area contributed by atoms with Gasteiger partial charge >= 0.3 is 6.03 Å². The van der Waals surface area contributed by atoms with E-state index in [2.05, 4.69) is 24.5 Å². The molecule has 0 aromatic carbocycles. The van der Waals surface area contributed by atoms with Crippen LogP contribution in [0.2, 0.25) is 0 Å². The summed E-state index contributed by atoms with van der Waals surface area (Å²) in [7, 11) is 0. The first-order valence-corrected chi connectivity index (χ1v) is 8.86. The third-order valence-electron chi connectivity index (χ3n) is 5.01. The maximum Gasteiger partial charge on any atom is 0.325 e. The Morgan fingerprint density at radius 3 is 2.50 bits per heavy atom. The highest BCUT2D eigenvalue weighted by atomic mass is 16.2. The Bertz CT molecular complexity index is 514. The van der Waals surface area contributed by atoms with Gasteiger partial charge in [0.15, 0.2) is 0 Å². The monoisotopic (exact) mass is 338 g/mol. The number of imide groups is 1. The van der Waals surface area contributed by atoms with Crippen LogP contribution in [-0.4, -0.2) is 46.9 Å². The fraction of sp³-hybridized carbons (Fsp3) is 0.824. The largest absolute Gasteiger partial charge is 0.348 e. The summed E-state index contributed by atoms with van der Waals surface area (Å²) in [5.74, 6) is -0.235. The molecule has 136 valence electrons. The summed E-state index contributed by atoms with van der Waals surface area (Å²) in [6, 6.07) is -0.463. The van der Waals surface area contributed by atoms with E-state index < -0.39 is 17.1 Å². The van der Waals surface area contributed by atoms with Crippen molar-refractivity contribution in [3.8, 4) is 0 Å². The van der Waals surface area contributed by atoms with Crippen LogP contribution in [0.15, 0.2) is 0 Å². The van der Waals surface area contributed by atoms with Crippen LogP contribution < -0.4 is 16.4 Å². The van der Waals surface area contributed by atoms with E-state index in [1.165, 1.54) is 0 Å². The van der Waals surface area contributed by atoms with Crippen molar-refractivity contribution < 1.29 is 14.4 Å². The summed E-state index contributed by atoms with van der Waals surface area (Å²) in [5.41, 5.74) is 4.48. The molecule has 1 heterocycles. The fourth-order valence-corrected chi connectivity index (χ4v) is 3.92. The zero-order valence-electron chi connectivity index (χ0n) is 15.0. The molecule has 2 aliphatic rings. The van der Waals surface area contributed by atoms with Crippen LogP contribution in [0.3, 0.4) is 0 Å². The van der Waals surface area contributed by atoms with Gasteiger partial charge in [0.05, 0.1) is 0 Å². The number of hydrogen-bond acceptors (Lipinski definition) is 4. The van der Waals surface area contributed by atoms with E-state index >= 15 is 0 Å². The summed E-state index contributed by atoms with van der Waals surface area (Å²) >= 11 is 0. The summed E-state index contributed by atoms with van der Waals surface area (Å²) < 4.78 is 0. The van der Waals surface area contributed by atoms with Crippen molar-refractivity contribution in [2.45, 2.75) is 70.4 Å². The number of hydrogen-bond donors (Lipinski definition) is 3. The van der Waals surface area contributed by atoms with Gasteiger partial charge in [-0.05, 0) is 32.1 Å². The smallest absolute Gasteiger partial charge is 0.325 e. The zero-order valence-corrected chi connectivity index (χ0v) is 15.0. The molecule has 7 heteroatoms. The molecule has 1 saturated carbocycles. The molecule has 2 fully saturated rings. The molecule has 0 radical (unpaired) electrons. The van der Waals surface area contributed by atoms with E-state index in [1.54, 1.807) is 0 Å². The van der Waals surface area contributed by atoms with E-state index in [0.717, 1.165) is 30.6 Å². The third-order valence-corrected chi connectivity index (χ3v) is 5.01. The lowest BCUT2D eigenvalue weighted by Gasteiger charge is -2.32. The quantitative estimate of drug-likeness (QED) is 0.631. The predicted octanol–water partition coefficient (Wildman–Crippen LogP) is 1.12. The van der Waals surface area contributed by atoms with E-state index in [9.17, 15) is 14.4 Å². The van der Waals surface area contributed by atoms with E-state index in [1.807, 2.05) is 6.92 Å². The molecule has 1 spiro atoms. The third kappa shape index (κ3) is 3.88. The Morgan fingerprint density at radius 2 is 1.96 bits per heavy atom. The van der Waals surface area contributed by atoms with Crippen LogP contribution in [0, 0.1) is 5.92 Å². The average Bonchev–Trinajstić information content (AvgIpc) is 2.71. The SMILES string of the molecule is CC(C)CC(C)(CN)NC(=O)CN1C(=O)NC2(CCCCC2)C1=O. The van der Waals surface area contributed by atoms with Gasteiger partial charge in [-0.3, -0.25) is 14.5 Å². The summed E-state index contributed by atoms with van der Waals surface area (Å²) in [4.78, 5) is 38.3. The molecule has 7 nitrogen and oxygen atoms in total. The number of nitrogens with zero attached hydrogens (tertiary/aromatic N) is 1. The Kier molecular flexibility index (Phi) is 5.52. The molecule has 1 atom stereocenters. The van der Waals surface area contributed by atoms with E-state index in [-0.39, 0.29) is 18.4 Å². The molecule has 24 heavy (non-hydrogen) atoms. The van der Waals surface area contributed by atoms with E-state index in [4.69, 9.17) is 5.73 Å². The second-order valence-electron chi connectivity index (χ2n) is 7.88. The molecular formula is C17H30N4O3. The van der Waals surface area contributed by atoms with Crippen molar-refractivity contribution in [1.82, 2.24) is 15.5 Å². The lowest BCUT2D eigenvalue weighted by Crippen LogP contribution is -2.55. The maximum atomic E-state index is 12.7. The summed E-state index contributed by atoms with van der Waals surface area (Å²) in [5, 5.41) is 5.71. The van der Waals surface area contributed by atoms with Crippen LogP contribution in [-0.2, 0) is 9.59 Å². The van der Waals surface area contributed by atoms with Crippen LogP contribution >= 0.6 is 0 Å². The van der Waals surface area contributed by atoms with Crippen LogP contribution in [0.5, 0.6) is 0 Å². The van der Waals surface area contributed by atoms with Crippen LogP contribution in [0.4, 0.5) is 4.79 Å². The normalized spacial score (nSPS) is 22.6. The van der Waals surface area contributed by atoms with Crippen molar-refractivity contribution in [3.05, 3.63) is 0 Å². The van der Waals surface area contributed by atoms with Gasteiger partial charge in [0, 0.05) is 12.1 Å². The summed E-state index contributed by atoms with van der Waals surface area (Å²) in [6.07, 6.45) is 4.97. The minimum Gasteiger partial charge on any atom is -0.348 e.